The number of hydrogen-bond acceptors (Lipinski definition) is 5. The second-order valence-electron chi connectivity index (χ2n) is 5.76. The summed E-state index contributed by atoms with van der Waals surface area (Å²) in [6.07, 6.45) is 0. The summed E-state index contributed by atoms with van der Waals surface area (Å²) < 4.78 is 0. The lowest BCUT2D eigenvalue weighted by atomic mass is 10.00. The summed E-state index contributed by atoms with van der Waals surface area (Å²) >= 11 is 1.31. The standard InChI is InChI=1S/C19H16N4OS/c1-11(18(24)20-2)25-19-21-16-14-9-5-3-7-12(14)13-8-4-6-10-15(13)17(16)22-23-19/h3-11H,1-2H3,(H,20,24)/t11-/m0/s1. The molecule has 1 heterocycles. The molecule has 0 fully saturated rings. The SMILES string of the molecule is CNC(=O)[C@H](C)Sc1nnc2c3ccccc3c3ccccc3c2n1. The molecule has 4 rings (SSSR count). The molecule has 124 valence electrons. The number of nitrogens with one attached hydrogen (secondary N) is 1. The number of hydrogen-bond donors (Lipinski definition) is 1. The Morgan fingerprint density at radius 2 is 1.48 bits per heavy atom. The van der Waals surface area contributed by atoms with Gasteiger partial charge in [-0.1, -0.05) is 60.3 Å². The van der Waals surface area contributed by atoms with E-state index in [0.29, 0.717) is 5.16 Å². The topological polar surface area (TPSA) is 67.8 Å². The van der Waals surface area contributed by atoms with E-state index in [0.717, 1.165) is 32.6 Å². The van der Waals surface area contributed by atoms with Crippen LogP contribution in [0, 0.1) is 0 Å². The molecule has 0 aliphatic heterocycles. The molecule has 5 nitrogen and oxygen atoms in total. The summed E-state index contributed by atoms with van der Waals surface area (Å²) in [5.74, 6) is -0.0583. The van der Waals surface area contributed by atoms with Crippen LogP contribution in [-0.4, -0.2) is 33.4 Å². The van der Waals surface area contributed by atoms with Gasteiger partial charge in [0.25, 0.3) is 0 Å². The van der Waals surface area contributed by atoms with Gasteiger partial charge in [-0.05, 0) is 17.7 Å². The smallest absolute Gasteiger partial charge is 0.233 e. The van der Waals surface area contributed by atoms with Crippen LogP contribution >= 0.6 is 11.8 Å². The highest BCUT2D eigenvalue weighted by atomic mass is 32.2. The number of carbonyl (C=O) groups excluding carboxylic acids is 1. The average Bonchev–Trinajstić information content (AvgIpc) is 2.67. The molecule has 0 aliphatic rings. The van der Waals surface area contributed by atoms with Crippen molar-refractivity contribution < 1.29 is 4.79 Å². The van der Waals surface area contributed by atoms with E-state index in [1.165, 1.54) is 11.8 Å². The van der Waals surface area contributed by atoms with Crippen molar-refractivity contribution >= 4 is 50.2 Å². The van der Waals surface area contributed by atoms with Gasteiger partial charge in [-0.2, -0.15) is 0 Å². The van der Waals surface area contributed by atoms with Crippen LogP contribution in [-0.2, 0) is 4.79 Å². The number of benzene rings is 3. The molecule has 4 aromatic rings. The second kappa shape index (κ2) is 6.29. The van der Waals surface area contributed by atoms with Crippen molar-refractivity contribution in [1.82, 2.24) is 20.5 Å². The predicted octanol–water partition coefficient (Wildman–Crippen LogP) is 3.56. The van der Waals surface area contributed by atoms with Gasteiger partial charge in [-0.25, -0.2) is 4.98 Å². The molecule has 1 aromatic heterocycles. The maximum Gasteiger partial charge on any atom is 0.233 e. The summed E-state index contributed by atoms with van der Waals surface area (Å²) in [6.45, 7) is 1.83. The number of nitrogens with zero attached hydrogens (tertiary/aromatic N) is 3. The van der Waals surface area contributed by atoms with Crippen LogP contribution in [0.1, 0.15) is 6.92 Å². The zero-order chi connectivity index (χ0) is 17.4. The van der Waals surface area contributed by atoms with Gasteiger partial charge < -0.3 is 5.32 Å². The van der Waals surface area contributed by atoms with Crippen LogP contribution in [0.4, 0.5) is 0 Å². The van der Waals surface area contributed by atoms with Crippen molar-refractivity contribution in [2.24, 2.45) is 0 Å². The van der Waals surface area contributed by atoms with E-state index in [1.54, 1.807) is 7.05 Å². The zero-order valence-corrected chi connectivity index (χ0v) is 14.7. The van der Waals surface area contributed by atoms with Gasteiger partial charge in [0.2, 0.25) is 11.1 Å². The summed E-state index contributed by atoms with van der Waals surface area (Å²) in [7, 11) is 1.62. The Hall–Kier alpha value is -2.73. The van der Waals surface area contributed by atoms with Crippen LogP contribution < -0.4 is 5.32 Å². The van der Waals surface area contributed by atoms with E-state index in [-0.39, 0.29) is 11.2 Å². The Kier molecular flexibility index (Phi) is 3.97. The molecule has 6 heteroatoms. The molecular formula is C19H16N4OS. The first-order valence-corrected chi connectivity index (χ1v) is 8.89. The summed E-state index contributed by atoms with van der Waals surface area (Å²) in [6, 6.07) is 16.3. The first-order valence-electron chi connectivity index (χ1n) is 8.01. The fraction of sp³-hybridized carbons (Fsp3) is 0.158. The van der Waals surface area contributed by atoms with Crippen molar-refractivity contribution in [3.8, 4) is 0 Å². The largest absolute Gasteiger partial charge is 0.358 e. The minimum Gasteiger partial charge on any atom is -0.358 e. The third-order valence-electron chi connectivity index (χ3n) is 4.22. The predicted molar refractivity (Wildman–Crippen MR) is 102 cm³/mol. The number of fused-ring (bicyclic) bond motifs is 6. The van der Waals surface area contributed by atoms with Crippen molar-refractivity contribution in [2.45, 2.75) is 17.3 Å². The highest BCUT2D eigenvalue weighted by molar-refractivity contribution is 8.00. The molecule has 0 saturated heterocycles. The van der Waals surface area contributed by atoms with E-state index in [4.69, 9.17) is 4.98 Å². The highest BCUT2D eigenvalue weighted by Crippen LogP contribution is 2.33. The molecule has 1 atom stereocenters. The molecule has 0 unspecified atom stereocenters. The lowest BCUT2D eigenvalue weighted by Gasteiger charge is -2.11. The number of rotatable bonds is 3. The third kappa shape index (κ3) is 2.68. The molecule has 0 aliphatic carbocycles. The van der Waals surface area contributed by atoms with Gasteiger partial charge in [0.05, 0.1) is 5.25 Å². The van der Waals surface area contributed by atoms with Crippen LogP contribution in [0.15, 0.2) is 53.7 Å². The maximum absolute atomic E-state index is 11.8. The van der Waals surface area contributed by atoms with Gasteiger partial charge in [-0.15, -0.1) is 10.2 Å². The Balaban J connectivity index is 1.97. The number of thioether (sulfide) groups is 1. The molecule has 0 spiro atoms. The monoisotopic (exact) mass is 348 g/mol. The van der Waals surface area contributed by atoms with E-state index in [9.17, 15) is 4.79 Å². The quantitative estimate of drug-likeness (QED) is 0.453. The first-order chi connectivity index (χ1) is 12.2. The first kappa shape index (κ1) is 15.8. The molecule has 25 heavy (non-hydrogen) atoms. The van der Waals surface area contributed by atoms with E-state index in [2.05, 4.69) is 33.7 Å². The lowest BCUT2D eigenvalue weighted by Crippen LogP contribution is -2.27. The Morgan fingerprint density at radius 3 is 2.08 bits per heavy atom. The average molecular weight is 348 g/mol. The molecule has 1 N–H and O–H groups in total. The molecular weight excluding hydrogens is 332 g/mol. The summed E-state index contributed by atoms with van der Waals surface area (Å²) in [4.78, 5) is 16.5. The van der Waals surface area contributed by atoms with E-state index >= 15 is 0 Å². The summed E-state index contributed by atoms with van der Waals surface area (Å²) in [5.41, 5.74) is 1.60. The normalized spacial score (nSPS) is 12.6. The highest BCUT2D eigenvalue weighted by Gasteiger charge is 2.17. The minimum absolute atomic E-state index is 0.0583. The molecule has 0 saturated carbocycles. The fourth-order valence-electron chi connectivity index (χ4n) is 2.99. The number of carbonyl (C=O) groups is 1. The van der Waals surface area contributed by atoms with Gasteiger partial charge >= 0.3 is 0 Å². The van der Waals surface area contributed by atoms with Gasteiger partial charge in [0.1, 0.15) is 11.0 Å². The molecule has 0 bridgehead atoms. The van der Waals surface area contributed by atoms with Crippen LogP contribution in [0.2, 0.25) is 0 Å². The van der Waals surface area contributed by atoms with Crippen LogP contribution in [0.25, 0.3) is 32.6 Å². The van der Waals surface area contributed by atoms with E-state index < -0.39 is 0 Å². The van der Waals surface area contributed by atoms with Gasteiger partial charge in [0.15, 0.2) is 0 Å². The fourth-order valence-corrected chi connectivity index (χ4v) is 3.77. The molecule has 0 radical (unpaired) electrons. The van der Waals surface area contributed by atoms with Crippen LogP contribution in [0.5, 0.6) is 0 Å². The van der Waals surface area contributed by atoms with Crippen molar-refractivity contribution in [1.29, 1.82) is 0 Å². The van der Waals surface area contributed by atoms with Crippen molar-refractivity contribution in [3.63, 3.8) is 0 Å². The van der Waals surface area contributed by atoms with E-state index in [1.807, 2.05) is 37.3 Å². The summed E-state index contributed by atoms with van der Waals surface area (Å²) in [5, 5.41) is 15.9. The molecule has 3 aromatic carbocycles. The van der Waals surface area contributed by atoms with Crippen LogP contribution in [0.3, 0.4) is 0 Å². The Labute approximate surface area is 148 Å². The third-order valence-corrected chi connectivity index (χ3v) is 5.17. The lowest BCUT2D eigenvalue weighted by molar-refractivity contribution is -0.119. The molecule has 1 amide bonds. The minimum atomic E-state index is -0.282. The van der Waals surface area contributed by atoms with Gasteiger partial charge in [-0.3, -0.25) is 4.79 Å². The Bertz CT molecular complexity index is 1080. The number of aromatic nitrogens is 3. The van der Waals surface area contributed by atoms with Crippen molar-refractivity contribution in [3.05, 3.63) is 48.5 Å². The zero-order valence-electron chi connectivity index (χ0n) is 13.9. The Morgan fingerprint density at radius 1 is 0.920 bits per heavy atom. The van der Waals surface area contributed by atoms with Gasteiger partial charge in [0, 0.05) is 17.8 Å². The second-order valence-corrected chi connectivity index (χ2v) is 7.07. The van der Waals surface area contributed by atoms with Crippen molar-refractivity contribution in [2.75, 3.05) is 7.05 Å². The number of amides is 1. The maximum atomic E-state index is 11.8.